The molecule has 0 aromatic rings. The molecule has 1 aliphatic heterocycles. The van der Waals surface area contributed by atoms with Gasteiger partial charge in [-0.05, 0) is 19.1 Å². The second-order valence-electron chi connectivity index (χ2n) is 2.48. The summed E-state index contributed by atoms with van der Waals surface area (Å²) in [6.07, 6.45) is 4.53. The van der Waals surface area contributed by atoms with Crippen LogP contribution in [0.25, 0.3) is 0 Å². The number of allylic oxidation sites excluding steroid dienone is 1. The molecule has 5 heteroatoms. The van der Waals surface area contributed by atoms with Gasteiger partial charge >= 0.3 is 0 Å². The highest BCUT2D eigenvalue weighted by atomic mass is 32.2. The first kappa shape index (κ1) is 9.28. The van der Waals surface area contributed by atoms with E-state index in [9.17, 15) is 8.42 Å². The van der Waals surface area contributed by atoms with Gasteiger partial charge in [0.05, 0.1) is 4.91 Å². The van der Waals surface area contributed by atoms with Gasteiger partial charge in [-0.15, -0.1) is 0 Å². The Bertz CT molecular complexity index is 316. The van der Waals surface area contributed by atoms with Gasteiger partial charge in [0.15, 0.2) is 0 Å². The van der Waals surface area contributed by atoms with E-state index < -0.39 is 10.1 Å². The van der Waals surface area contributed by atoms with Crippen molar-refractivity contribution in [3.8, 4) is 0 Å². The zero-order valence-electron chi connectivity index (χ0n) is 6.77. The number of rotatable bonds is 2. The van der Waals surface area contributed by atoms with E-state index in [0.717, 1.165) is 6.54 Å². The van der Waals surface area contributed by atoms with Crippen molar-refractivity contribution in [1.82, 2.24) is 4.90 Å². The van der Waals surface area contributed by atoms with Crippen molar-refractivity contribution in [2.24, 2.45) is 0 Å². The molecule has 0 spiro atoms. The third-order valence-electron chi connectivity index (χ3n) is 1.68. The van der Waals surface area contributed by atoms with Gasteiger partial charge in [0.1, 0.15) is 0 Å². The molecule has 0 atom stereocenters. The molecule has 68 valence electrons. The first-order valence-corrected chi connectivity index (χ1v) is 5.08. The van der Waals surface area contributed by atoms with Crippen LogP contribution in [0.3, 0.4) is 0 Å². The van der Waals surface area contributed by atoms with Crippen molar-refractivity contribution in [2.75, 3.05) is 13.1 Å². The number of hydrogen-bond acceptors (Lipinski definition) is 3. The highest BCUT2D eigenvalue weighted by Gasteiger charge is 2.13. The molecule has 1 heterocycles. The maximum absolute atomic E-state index is 10.6. The summed E-state index contributed by atoms with van der Waals surface area (Å²) in [4.78, 5) is 1.90. The lowest BCUT2D eigenvalue weighted by atomic mass is 10.3. The van der Waals surface area contributed by atoms with E-state index >= 15 is 0 Å². The van der Waals surface area contributed by atoms with Crippen LogP contribution in [0.1, 0.15) is 6.92 Å². The molecule has 0 aliphatic carbocycles. The molecule has 4 nitrogen and oxygen atoms in total. The Morgan fingerprint density at radius 2 is 2.33 bits per heavy atom. The fourth-order valence-corrected chi connectivity index (χ4v) is 1.46. The van der Waals surface area contributed by atoms with Crippen LogP contribution in [-0.2, 0) is 10.1 Å². The summed E-state index contributed by atoms with van der Waals surface area (Å²) in [7, 11) is -4.01. The summed E-state index contributed by atoms with van der Waals surface area (Å²) in [5.74, 6) is 0. The molecule has 0 unspecified atom stereocenters. The fourth-order valence-electron chi connectivity index (χ4n) is 0.941. The Kier molecular flexibility index (Phi) is 2.54. The lowest BCUT2D eigenvalue weighted by Crippen LogP contribution is -2.20. The molecular formula is C7H11NO3S. The van der Waals surface area contributed by atoms with E-state index in [-0.39, 0.29) is 4.91 Å². The predicted octanol–water partition coefficient (Wildman–Crippen LogP) is 0.607. The summed E-state index contributed by atoms with van der Waals surface area (Å²) in [5.41, 5.74) is 0. The Labute approximate surface area is 71.9 Å². The van der Waals surface area contributed by atoms with Gasteiger partial charge in [-0.1, -0.05) is 0 Å². The topological polar surface area (TPSA) is 57.6 Å². The predicted molar refractivity (Wildman–Crippen MR) is 46.0 cm³/mol. The van der Waals surface area contributed by atoms with Crippen LogP contribution in [0.4, 0.5) is 0 Å². The molecule has 0 saturated heterocycles. The Morgan fingerprint density at radius 3 is 2.67 bits per heavy atom. The van der Waals surface area contributed by atoms with Crippen LogP contribution in [-0.4, -0.2) is 31.0 Å². The average Bonchev–Trinajstić information content (AvgIpc) is 2.03. The van der Waals surface area contributed by atoms with Crippen molar-refractivity contribution in [1.29, 1.82) is 0 Å². The number of nitrogens with zero attached hydrogens (tertiary/aromatic N) is 1. The third kappa shape index (κ3) is 2.09. The van der Waals surface area contributed by atoms with Crippen molar-refractivity contribution < 1.29 is 13.0 Å². The minimum absolute atomic E-state index is 0.0211. The van der Waals surface area contributed by atoms with Gasteiger partial charge in [-0.2, -0.15) is 8.42 Å². The lowest BCUT2D eigenvalue weighted by molar-refractivity contribution is 0.433. The molecule has 1 rings (SSSR count). The normalized spacial score (nSPS) is 17.8. The zero-order valence-corrected chi connectivity index (χ0v) is 7.58. The van der Waals surface area contributed by atoms with Crippen LogP contribution in [0.5, 0.6) is 0 Å². The van der Waals surface area contributed by atoms with E-state index in [4.69, 9.17) is 4.55 Å². The van der Waals surface area contributed by atoms with Gasteiger partial charge in [-0.25, -0.2) is 0 Å². The van der Waals surface area contributed by atoms with Crippen molar-refractivity contribution in [3.05, 3.63) is 23.3 Å². The minimum Gasteiger partial charge on any atom is -0.374 e. The van der Waals surface area contributed by atoms with Gasteiger partial charge in [0, 0.05) is 19.3 Å². The van der Waals surface area contributed by atoms with Crippen LogP contribution in [0, 0.1) is 0 Å². The smallest absolute Gasteiger partial charge is 0.294 e. The Hall–Kier alpha value is -0.810. The maximum atomic E-state index is 10.6. The monoisotopic (exact) mass is 189 g/mol. The summed E-state index contributed by atoms with van der Waals surface area (Å²) >= 11 is 0. The summed E-state index contributed by atoms with van der Waals surface area (Å²) in [6, 6.07) is 0. The fraction of sp³-hybridized carbons (Fsp3) is 0.429. The molecule has 1 aliphatic rings. The SMILES string of the molecule is CCN1C=CC(S(=O)(=O)O)=CC1. The quantitative estimate of drug-likeness (QED) is 0.646. The van der Waals surface area contributed by atoms with Crippen molar-refractivity contribution in [3.63, 3.8) is 0 Å². The van der Waals surface area contributed by atoms with Gasteiger partial charge in [0.2, 0.25) is 0 Å². The van der Waals surface area contributed by atoms with Gasteiger partial charge < -0.3 is 4.90 Å². The molecule has 0 fully saturated rings. The lowest BCUT2D eigenvalue weighted by Gasteiger charge is -2.19. The molecule has 0 radical (unpaired) electrons. The standard InChI is InChI=1S/C7H11NO3S/c1-2-8-5-3-7(4-6-8)12(9,10)11/h3-5H,2,6H2,1H3,(H,9,10,11). The van der Waals surface area contributed by atoms with E-state index in [1.54, 1.807) is 6.20 Å². The zero-order chi connectivity index (χ0) is 9.19. The second kappa shape index (κ2) is 3.28. The van der Waals surface area contributed by atoms with Gasteiger partial charge in [-0.3, -0.25) is 4.55 Å². The minimum atomic E-state index is -4.01. The Morgan fingerprint density at radius 1 is 1.67 bits per heavy atom. The van der Waals surface area contributed by atoms with Crippen LogP contribution >= 0.6 is 0 Å². The molecule has 0 aromatic carbocycles. The van der Waals surface area contributed by atoms with Crippen LogP contribution in [0.15, 0.2) is 23.3 Å². The second-order valence-corrected chi connectivity index (χ2v) is 3.91. The van der Waals surface area contributed by atoms with Crippen LogP contribution < -0.4 is 0 Å². The Balaban J connectivity index is 2.78. The summed E-state index contributed by atoms with van der Waals surface area (Å²) in [6.45, 7) is 3.32. The molecule has 12 heavy (non-hydrogen) atoms. The third-order valence-corrected chi connectivity index (χ3v) is 2.58. The highest BCUT2D eigenvalue weighted by molar-refractivity contribution is 7.90. The molecule has 0 amide bonds. The molecule has 1 N–H and O–H groups in total. The van der Waals surface area contributed by atoms with Crippen LogP contribution in [0.2, 0.25) is 0 Å². The summed E-state index contributed by atoms with van der Waals surface area (Å²) in [5, 5.41) is 0. The van der Waals surface area contributed by atoms with Gasteiger partial charge in [0.25, 0.3) is 10.1 Å². The first-order valence-electron chi connectivity index (χ1n) is 3.64. The number of likely N-dealkylation sites (N-methyl/N-ethyl adjacent to an activating group) is 1. The van der Waals surface area contributed by atoms with Crippen molar-refractivity contribution >= 4 is 10.1 Å². The van der Waals surface area contributed by atoms with E-state index in [1.165, 1.54) is 12.2 Å². The van der Waals surface area contributed by atoms with E-state index in [2.05, 4.69) is 0 Å². The summed E-state index contributed by atoms with van der Waals surface area (Å²) < 4.78 is 29.8. The highest BCUT2D eigenvalue weighted by Crippen LogP contribution is 2.11. The number of hydrogen-bond donors (Lipinski definition) is 1. The average molecular weight is 189 g/mol. The molecular weight excluding hydrogens is 178 g/mol. The first-order chi connectivity index (χ1) is 5.54. The van der Waals surface area contributed by atoms with E-state index in [0.29, 0.717) is 6.54 Å². The largest absolute Gasteiger partial charge is 0.374 e. The molecule has 0 aromatic heterocycles. The maximum Gasteiger partial charge on any atom is 0.294 e. The molecule has 0 saturated carbocycles. The molecule has 0 bridgehead atoms. The van der Waals surface area contributed by atoms with Crippen molar-refractivity contribution in [2.45, 2.75) is 6.92 Å². The van der Waals surface area contributed by atoms with E-state index in [1.807, 2.05) is 11.8 Å².